The van der Waals surface area contributed by atoms with Crippen LogP contribution in [0.1, 0.15) is 57.6 Å². The lowest BCUT2D eigenvalue weighted by Crippen LogP contribution is -2.53. The summed E-state index contributed by atoms with van der Waals surface area (Å²) in [4.78, 5) is 15.8. The molecule has 2 fully saturated rings. The van der Waals surface area contributed by atoms with E-state index in [0.717, 1.165) is 31.9 Å². The molecule has 4 nitrogen and oxygen atoms in total. The number of amides is 1. The molecule has 0 N–H and O–H groups in total. The van der Waals surface area contributed by atoms with Gasteiger partial charge in [-0.15, -0.1) is 0 Å². The van der Waals surface area contributed by atoms with Gasteiger partial charge in [0.15, 0.2) is 6.10 Å². The number of ether oxygens (including phenoxy) is 1. The van der Waals surface area contributed by atoms with E-state index in [4.69, 9.17) is 0 Å². The second-order valence-corrected chi connectivity index (χ2v) is 9.00. The lowest BCUT2D eigenvalue weighted by Gasteiger charge is -2.45. The first-order chi connectivity index (χ1) is 15.0. The van der Waals surface area contributed by atoms with Crippen LogP contribution in [0.5, 0.6) is 0 Å². The number of piperidine rings is 1. The molecule has 0 radical (unpaired) electrons. The summed E-state index contributed by atoms with van der Waals surface area (Å²) in [5, 5.41) is 0. The molecule has 2 heterocycles. The van der Waals surface area contributed by atoms with Crippen LogP contribution >= 0.6 is 0 Å². The third-order valence-electron chi connectivity index (χ3n) is 6.38. The summed E-state index contributed by atoms with van der Waals surface area (Å²) < 4.78 is 57.2. The maximum absolute atomic E-state index is 14.5. The number of alkyl halides is 3. The van der Waals surface area contributed by atoms with E-state index in [-0.39, 0.29) is 17.3 Å². The van der Waals surface area contributed by atoms with Gasteiger partial charge in [0.05, 0.1) is 5.56 Å². The number of rotatable bonds is 3. The number of hydrogen-bond acceptors (Lipinski definition) is 3. The molecule has 0 aliphatic carbocycles. The predicted molar refractivity (Wildman–Crippen MR) is 113 cm³/mol. The molecule has 1 aromatic rings. The number of carbonyl (C=O) groups is 1. The molecule has 0 saturated carbocycles. The maximum Gasteiger partial charge on any atom is 0.425 e. The monoisotopic (exact) mass is 454 g/mol. The van der Waals surface area contributed by atoms with E-state index in [2.05, 4.69) is 21.5 Å². The van der Waals surface area contributed by atoms with Crippen molar-refractivity contribution in [2.45, 2.75) is 70.8 Å². The number of likely N-dealkylation sites (tertiary alicyclic amines) is 2. The van der Waals surface area contributed by atoms with Crippen molar-refractivity contribution in [3.8, 4) is 11.8 Å². The normalized spacial score (nSPS) is 19.7. The summed E-state index contributed by atoms with van der Waals surface area (Å²) in [6, 6.07) is 5.00. The lowest BCUT2D eigenvalue weighted by atomic mass is 9.84. The molecular formula is C24H30F4N2O2. The molecule has 3 rings (SSSR count). The van der Waals surface area contributed by atoms with Crippen LogP contribution in [0.2, 0.25) is 0 Å². The van der Waals surface area contributed by atoms with E-state index in [0.29, 0.717) is 38.0 Å². The fourth-order valence-electron chi connectivity index (χ4n) is 4.47. The third-order valence-corrected chi connectivity index (χ3v) is 6.38. The van der Waals surface area contributed by atoms with Gasteiger partial charge in [0.1, 0.15) is 5.82 Å². The second-order valence-electron chi connectivity index (χ2n) is 9.00. The Hall–Kier alpha value is -2.27. The summed E-state index contributed by atoms with van der Waals surface area (Å²) in [5.41, 5.74) is 1.10. The van der Waals surface area contributed by atoms with Gasteiger partial charge in [-0.25, -0.2) is 9.18 Å². The molecule has 176 valence electrons. The number of carbonyl (C=O) groups excluding carboxylic acids is 1. The number of hydrogen-bond donors (Lipinski definition) is 0. The summed E-state index contributed by atoms with van der Waals surface area (Å²) >= 11 is 0. The van der Waals surface area contributed by atoms with E-state index in [1.807, 2.05) is 19.9 Å². The van der Waals surface area contributed by atoms with Gasteiger partial charge < -0.3 is 9.64 Å². The number of benzene rings is 1. The highest BCUT2D eigenvalue weighted by Crippen LogP contribution is 2.40. The van der Waals surface area contributed by atoms with Crippen molar-refractivity contribution in [3.63, 3.8) is 0 Å². The summed E-state index contributed by atoms with van der Waals surface area (Å²) in [5.74, 6) is 5.82. The lowest BCUT2D eigenvalue weighted by molar-refractivity contribution is -0.200. The van der Waals surface area contributed by atoms with Crippen molar-refractivity contribution in [1.82, 2.24) is 9.80 Å². The zero-order chi connectivity index (χ0) is 23.5. The van der Waals surface area contributed by atoms with E-state index in [1.165, 1.54) is 11.0 Å². The molecule has 1 unspecified atom stereocenters. The van der Waals surface area contributed by atoms with Crippen molar-refractivity contribution in [3.05, 3.63) is 35.1 Å². The van der Waals surface area contributed by atoms with E-state index < -0.39 is 18.4 Å². The zero-order valence-electron chi connectivity index (χ0n) is 18.8. The highest BCUT2D eigenvalue weighted by molar-refractivity contribution is 5.68. The van der Waals surface area contributed by atoms with Gasteiger partial charge in [0.25, 0.3) is 0 Å². The fourth-order valence-corrected chi connectivity index (χ4v) is 4.47. The molecule has 1 spiro atoms. The van der Waals surface area contributed by atoms with Crippen molar-refractivity contribution in [1.29, 1.82) is 0 Å². The molecule has 2 saturated heterocycles. The number of halogens is 4. The molecule has 2 aliphatic heterocycles. The Morgan fingerprint density at radius 3 is 2.47 bits per heavy atom. The van der Waals surface area contributed by atoms with Crippen LogP contribution in [0.4, 0.5) is 22.4 Å². The van der Waals surface area contributed by atoms with Crippen molar-refractivity contribution in [2.75, 3.05) is 19.6 Å². The summed E-state index contributed by atoms with van der Waals surface area (Å²) in [6.07, 6.45) is -4.42. The molecule has 0 aromatic heterocycles. The van der Waals surface area contributed by atoms with Crippen molar-refractivity contribution >= 4 is 6.09 Å². The van der Waals surface area contributed by atoms with E-state index >= 15 is 0 Å². The molecule has 1 atom stereocenters. The number of nitrogens with zero attached hydrogens (tertiary/aromatic N) is 2. The molecule has 8 heteroatoms. The first-order valence-electron chi connectivity index (χ1n) is 11.1. The Balaban J connectivity index is 1.68. The van der Waals surface area contributed by atoms with Crippen LogP contribution in [0.25, 0.3) is 0 Å². The predicted octanol–water partition coefficient (Wildman–Crippen LogP) is 5.35. The minimum atomic E-state index is -4.57. The minimum absolute atomic E-state index is 0.129. The van der Waals surface area contributed by atoms with Crippen molar-refractivity contribution in [2.24, 2.45) is 5.92 Å². The Morgan fingerprint density at radius 2 is 1.84 bits per heavy atom. The largest absolute Gasteiger partial charge is 0.437 e. The van der Waals surface area contributed by atoms with Gasteiger partial charge >= 0.3 is 12.3 Å². The molecule has 1 aromatic carbocycles. The van der Waals surface area contributed by atoms with E-state index in [9.17, 15) is 22.4 Å². The Labute approximate surface area is 186 Å². The van der Waals surface area contributed by atoms with Gasteiger partial charge in [0.2, 0.25) is 0 Å². The Morgan fingerprint density at radius 1 is 1.16 bits per heavy atom. The highest BCUT2D eigenvalue weighted by atomic mass is 19.4. The van der Waals surface area contributed by atoms with E-state index in [1.54, 1.807) is 6.07 Å². The van der Waals surface area contributed by atoms with Crippen LogP contribution < -0.4 is 0 Å². The average molecular weight is 455 g/mol. The third kappa shape index (κ3) is 5.55. The summed E-state index contributed by atoms with van der Waals surface area (Å²) in [7, 11) is 0. The van der Waals surface area contributed by atoms with Crippen LogP contribution in [0.3, 0.4) is 0 Å². The van der Waals surface area contributed by atoms with Gasteiger partial charge in [-0.3, -0.25) is 4.90 Å². The molecule has 1 amide bonds. The maximum atomic E-state index is 14.5. The standard InChI is InChI=1S/C24H30F4N2O2/c1-17(2)8-9-20-19(6-4-7-21(20)25)16-30-13-5-10-23(30)11-14-29(15-12-23)22(31)32-18(3)24(26,27)28/h4,6-7,17-18H,5,10-16H2,1-3H3. The zero-order valence-corrected chi connectivity index (χ0v) is 18.8. The molecule has 32 heavy (non-hydrogen) atoms. The van der Waals surface area contributed by atoms with Gasteiger partial charge in [0, 0.05) is 31.1 Å². The SMILES string of the molecule is CC(C)C#Cc1c(F)cccc1CN1CCCC12CCN(C(=O)OC(C)C(F)(F)F)CC2. The van der Waals surface area contributed by atoms with Crippen LogP contribution in [-0.2, 0) is 11.3 Å². The first-order valence-corrected chi connectivity index (χ1v) is 11.1. The quantitative estimate of drug-likeness (QED) is 0.456. The molecule has 0 bridgehead atoms. The van der Waals surface area contributed by atoms with Gasteiger partial charge in [-0.05, 0) is 50.8 Å². The minimum Gasteiger partial charge on any atom is -0.437 e. The van der Waals surface area contributed by atoms with Crippen molar-refractivity contribution < 1.29 is 27.1 Å². The highest BCUT2D eigenvalue weighted by Gasteiger charge is 2.45. The topological polar surface area (TPSA) is 32.8 Å². The van der Waals surface area contributed by atoms with Crippen LogP contribution in [-0.4, -0.2) is 53.3 Å². The van der Waals surface area contributed by atoms with Gasteiger partial charge in [-0.2, -0.15) is 13.2 Å². The first kappa shape index (κ1) is 24.4. The Kier molecular flexibility index (Phi) is 7.39. The molecular weight excluding hydrogens is 424 g/mol. The van der Waals surface area contributed by atoms with Gasteiger partial charge in [-0.1, -0.05) is 37.8 Å². The second kappa shape index (κ2) is 9.70. The van der Waals surface area contributed by atoms with Crippen LogP contribution in [0, 0.1) is 23.6 Å². The smallest absolute Gasteiger partial charge is 0.425 e. The Bertz CT molecular complexity index is 880. The van der Waals surface area contributed by atoms with Crippen LogP contribution in [0.15, 0.2) is 18.2 Å². The fraction of sp³-hybridized carbons (Fsp3) is 0.625. The average Bonchev–Trinajstić information content (AvgIpc) is 3.08. The summed E-state index contributed by atoms with van der Waals surface area (Å²) in [6.45, 7) is 6.82. The molecule has 2 aliphatic rings.